The first-order valence-electron chi connectivity index (χ1n) is 11.0. The van der Waals surface area contributed by atoms with Crippen molar-refractivity contribution in [3.8, 4) is 0 Å². The minimum absolute atomic E-state index is 0.0453. The van der Waals surface area contributed by atoms with Crippen molar-refractivity contribution in [2.75, 3.05) is 42.3 Å². The highest BCUT2D eigenvalue weighted by Crippen LogP contribution is 2.33. The number of hydrogen-bond acceptors (Lipinski definition) is 8. The summed E-state index contributed by atoms with van der Waals surface area (Å²) in [6, 6.07) is 3.89. The molecule has 9 heteroatoms. The van der Waals surface area contributed by atoms with Crippen LogP contribution in [0.25, 0.3) is 11.1 Å². The van der Waals surface area contributed by atoms with E-state index in [9.17, 15) is 4.79 Å². The van der Waals surface area contributed by atoms with Crippen LogP contribution in [0.4, 0.5) is 17.3 Å². The number of carbonyl (C=O) groups excluding carboxylic acids is 1. The van der Waals surface area contributed by atoms with Crippen molar-refractivity contribution in [1.82, 2.24) is 9.97 Å². The second-order valence-corrected chi connectivity index (χ2v) is 8.87. The number of hydrogen-bond donors (Lipinski definition) is 3. The lowest BCUT2D eigenvalue weighted by Gasteiger charge is -2.37. The van der Waals surface area contributed by atoms with Crippen LogP contribution in [0.5, 0.6) is 0 Å². The molecule has 9 nitrogen and oxygen atoms in total. The maximum absolute atomic E-state index is 13.2. The van der Waals surface area contributed by atoms with E-state index in [1.165, 1.54) is 0 Å². The van der Waals surface area contributed by atoms with Crippen LogP contribution in [0.15, 0.2) is 35.1 Å². The molecule has 0 bridgehead atoms. The fourth-order valence-corrected chi connectivity index (χ4v) is 4.79. The summed E-state index contributed by atoms with van der Waals surface area (Å²) >= 11 is 0. The monoisotopic (exact) mass is 436 g/mol. The van der Waals surface area contributed by atoms with Gasteiger partial charge in [0, 0.05) is 44.0 Å². The number of nitrogens with one attached hydrogen (secondary N) is 1. The SMILES string of the molecule is CC1CC(N)CN(c2ccncc2NC(=O)c2c(N)oc3cc(C4CCOC4)cnc23)C1. The first-order chi connectivity index (χ1) is 15.5. The first-order valence-corrected chi connectivity index (χ1v) is 11.0. The highest BCUT2D eigenvalue weighted by atomic mass is 16.5. The van der Waals surface area contributed by atoms with Gasteiger partial charge in [0.2, 0.25) is 5.88 Å². The van der Waals surface area contributed by atoms with Crippen molar-refractivity contribution in [1.29, 1.82) is 0 Å². The topological polar surface area (TPSA) is 133 Å². The number of ether oxygens (including phenoxy) is 1. The van der Waals surface area contributed by atoms with Crippen molar-refractivity contribution in [2.45, 2.75) is 31.7 Å². The molecule has 5 N–H and O–H groups in total. The van der Waals surface area contributed by atoms with Gasteiger partial charge in [-0.1, -0.05) is 6.92 Å². The van der Waals surface area contributed by atoms with Crippen LogP contribution in [0.2, 0.25) is 0 Å². The van der Waals surface area contributed by atoms with E-state index < -0.39 is 0 Å². The molecule has 168 valence electrons. The van der Waals surface area contributed by atoms with Crippen LogP contribution in [0, 0.1) is 5.92 Å². The van der Waals surface area contributed by atoms with E-state index >= 15 is 0 Å². The highest BCUT2D eigenvalue weighted by molar-refractivity contribution is 6.15. The molecule has 32 heavy (non-hydrogen) atoms. The van der Waals surface area contributed by atoms with Gasteiger partial charge in [0.05, 0.1) is 24.2 Å². The Labute approximate surface area is 186 Å². The third-order valence-electron chi connectivity index (χ3n) is 6.28. The molecular weight excluding hydrogens is 408 g/mol. The van der Waals surface area contributed by atoms with E-state index in [2.05, 4.69) is 27.1 Å². The van der Waals surface area contributed by atoms with Gasteiger partial charge in [0.1, 0.15) is 11.1 Å². The molecule has 0 spiro atoms. The van der Waals surface area contributed by atoms with E-state index in [1.54, 1.807) is 18.6 Å². The standard InChI is InChI=1S/C23H28N6O3/c1-13-6-16(24)11-29(10-13)18-2-4-26-9-17(18)28-23(30)20-21-19(32-22(20)25)7-15(8-27-21)14-3-5-31-12-14/h2,4,7-9,13-14,16H,3,5-6,10-12,24-25H2,1H3,(H,28,30). The van der Waals surface area contributed by atoms with Crippen LogP contribution >= 0.6 is 0 Å². The summed E-state index contributed by atoms with van der Waals surface area (Å²) in [4.78, 5) is 24.1. The summed E-state index contributed by atoms with van der Waals surface area (Å²) in [5, 5.41) is 2.96. The Morgan fingerprint density at radius 3 is 2.97 bits per heavy atom. The van der Waals surface area contributed by atoms with Gasteiger partial charge in [0.25, 0.3) is 5.91 Å². The number of furan rings is 1. The number of nitrogen functional groups attached to an aromatic ring is 1. The Morgan fingerprint density at radius 1 is 1.31 bits per heavy atom. The molecule has 2 aliphatic heterocycles. The largest absolute Gasteiger partial charge is 0.438 e. The smallest absolute Gasteiger partial charge is 0.263 e. The van der Waals surface area contributed by atoms with Gasteiger partial charge in [-0.2, -0.15) is 0 Å². The molecule has 3 atom stereocenters. The summed E-state index contributed by atoms with van der Waals surface area (Å²) in [6.07, 6.45) is 7.06. The quantitative estimate of drug-likeness (QED) is 0.569. The number of piperidine rings is 1. The average Bonchev–Trinajstić information content (AvgIpc) is 3.40. The molecule has 2 fully saturated rings. The predicted octanol–water partition coefficient (Wildman–Crippen LogP) is 2.73. The number of aromatic nitrogens is 2. The lowest BCUT2D eigenvalue weighted by Crippen LogP contribution is -2.46. The molecule has 0 aromatic carbocycles. The summed E-state index contributed by atoms with van der Waals surface area (Å²) in [6.45, 7) is 5.18. The third-order valence-corrected chi connectivity index (χ3v) is 6.28. The Morgan fingerprint density at radius 2 is 2.19 bits per heavy atom. The van der Waals surface area contributed by atoms with E-state index in [0.717, 1.165) is 43.8 Å². The van der Waals surface area contributed by atoms with Crippen LogP contribution < -0.4 is 21.7 Å². The third kappa shape index (κ3) is 3.89. The number of anilines is 3. The van der Waals surface area contributed by atoms with E-state index in [-0.39, 0.29) is 29.3 Å². The Hall–Kier alpha value is -3.17. The van der Waals surface area contributed by atoms with E-state index in [4.69, 9.17) is 20.6 Å². The lowest BCUT2D eigenvalue weighted by atomic mass is 9.96. The van der Waals surface area contributed by atoms with Crippen LogP contribution in [-0.2, 0) is 4.74 Å². The minimum atomic E-state index is -0.380. The number of nitrogens with zero attached hydrogens (tertiary/aromatic N) is 3. The lowest BCUT2D eigenvalue weighted by molar-refractivity contribution is 0.102. The number of rotatable bonds is 4. The van der Waals surface area contributed by atoms with E-state index in [0.29, 0.717) is 29.3 Å². The average molecular weight is 437 g/mol. The van der Waals surface area contributed by atoms with Gasteiger partial charge >= 0.3 is 0 Å². The first kappa shape index (κ1) is 20.7. The number of pyridine rings is 2. The maximum Gasteiger partial charge on any atom is 0.263 e. The Kier molecular flexibility index (Phi) is 5.44. The molecular formula is C23H28N6O3. The van der Waals surface area contributed by atoms with Gasteiger partial charge in [-0.15, -0.1) is 0 Å². The predicted molar refractivity (Wildman–Crippen MR) is 123 cm³/mol. The second kappa shape index (κ2) is 8.40. The molecule has 3 unspecified atom stereocenters. The number of fused-ring (bicyclic) bond motifs is 1. The van der Waals surface area contributed by atoms with Crippen molar-refractivity contribution in [3.05, 3.63) is 41.9 Å². The van der Waals surface area contributed by atoms with Crippen molar-refractivity contribution < 1.29 is 13.9 Å². The van der Waals surface area contributed by atoms with Gasteiger partial charge in [-0.05, 0) is 36.5 Å². The minimum Gasteiger partial charge on any atom is -0.438 e. The highest BCUT2D eigenvalue weighted by Gasteiger charge is 2.27. The van der Waals surface area contributed by atoms with E-state index in [1.807, 2.05) is 12.1 Å². The summed E-state index contributed by atoms with van der Waals surface area (Å²) in [5.41, 5.74) is 16.0. The Balaban J connectivity index is 1.43. The fraction of sp³-hybridized carbons (Fsp3) is 0.435. The van der Waals surface area contributed by atoms with Crippen LogP contribution in [0.3, 0.4) is 0 Å². The second-order valence-electron chi connectivity index (χ2n) is 8.87. The molecule has 3 aromatic rings. The van der Waals surface area contributed by atoms with Crippen molar-refractivity contribution in [3.63, 3.8) is 0 Å². The van der Waals surface area contributed by atoms with Gasteiger partial charge in [-0.25, -0.2) is 0 Å². The normalized spacial score (nSPS) is 23.6. The number of nitrogens with two attached hydrogens (primary N) is 2. The molecule has 0 radical (unpaired) electrons. The molecule has 0 saturated carbocycles. The zero-order chi connectivity index (χ0) is 22.2. The van der Waals surface area contributed by atoms with Crippen LogP contribution in [-0.4, -0.2) is 48.2 Å². The summed E-state index contributed by atoms with van der Waals surface area (Å²) < 4.78 is 11.2. The zero-order valence-corrected chi connectivity index (χ0v) is 18.1. The van der Waals surface area contributed by atoms with Crippen molar-refractivity contribution >= 4 is 34.3 Å². The van der Waals surface area contributed by atoms with Gasteiger partial charge in [-0.3, -0.25) is 14.8 Å². The molecule has 2 aliphatic rings. The van der Waals surface area contributed by atoms with Crippen LogP contribution in [0.1, 0.15) is 41.6 Å². The molecule has 1 amide bonds. The molecule has 5 rings (SSSR count). The Bertz CT molecular complexity index is 1130. The van der Waals surface area contributed by atoms with Gasteiger partial charge < -0.3 is 30.8 Å². The molecule has 5 heterocycles. The zero-order valence-electron chi connectivity index (χ0n) is 18.1. The van der Waals surface area contributed by atoms with Crippen molar-refractivity contribution in [2.24, 2.45) is 11.7 Å². The fourth-order valence-electron chi connectivity index (χ4n) is 4.79. The molecule has 2 saturated heterocycles. The number of amides is 1. The number of carbonyl (C=O) groups is 1. The molecule has 3 aromatic heterocycles. The maximum atomic E-state index is 13.2. The molecule has 0 aliphatic carbocycles. The summed E-state index contributed by atoms with van der Waals surface area (Å²) in [7, 11) is 0. The van der Waals surface area contributed by atoms with Gasteiger partial charge in [0.15, 0.2) is 5.58 Å². The summed E-state index contributed by atoms with van der Waals surface area (Å²) in [5.74, 6) is 0.414.